The second-order valence-corrected chi connectivity index (χ2v) is 6.45. The third-order valence-corrected chi connectivity index (χ3v) is 5.20. The van der Waals surface area contributed by atoms with Crippen LogP contribution in [0.2, 0.25) is 20.1 Å². The van der Waals surface area contributed by atoms with Crippen molar-refractivity contribution in [1.29, 1.82) is 0 Å². The number of oxime groups is 1. The normalized spacial score (nSPS) is 14.8. The van der Waals surface area contributed by atoms with E-state index in [1.165, 1.54) is 12.2 Å². The van der Waals surface area contributed by atoms with Crippen LogP contribution in [0.4, 0.5) is 0 Å². The van der Waals surface area contributed by atoms with Gasteiger partial charge in [-0.3, -0.25) is 4.79 Å². The summed E-state index contributed by atoms with van der Waals surface area (Å²) in [6.45, 7) is 0.272. The average Bonchev–Trinajstić information content (AvgIpc) is 2.60. The second-order valence-electron chi connectivity index (χ2n) is 4.94. The summed E-state index contributed by atoms with van der Waals surface area (Å²) in [4.78, 5) is 17.5. The van der Waals surface area contributed by atoms with Crippen molar-refractivity contribution in [3.05, 3.63) is 79.3 Å². The first-order valence-electron chi connectivity index (χ1n) is 6.83. The molecule has 3 nitrogen and oxygen atoms in total. The quantitative estimate of drug-likeness (QED) is 0.361. The van der Waals surface area contributed by atoms with Crippen LogP contribution in [-0.4, -0.2) is 11.5 Å². The number of nitrogens with zero attached hydrogens (tertiary/aromatic N) is 1. The second kappa shape index (κ2) is 7.16. The van der Waals surface area contributed by atoms with Gasteiger partial charge in [-0.05, 0) is 17.7 Å². The first-order chi connectivity index (χ1) is 11.5. The van der Waals surface area contributed by atoms with Crippen LogP contribution in [-0.2, 0) is 11.4 Å². The van der Waals surface area contributed by atoms with Gasteiger partial charge in [0, 0.05) is 5.56 Å². The molecule has 0 N–H and O–H groups in total. The summed E-state index contributed by atoms with van der Waals surface area (Å²) in [6.07, 6.45) is 2.83. The Bertz CT molecular complexity index is 876. The van der Waals surface area contributed by atoms with Crippen molar-refractivity contribution < 1.29 is 9.63 Å². The van der Waals surface area contributed by atoms with Gasteiger partial charge in [-0.1, -0.05) is 81.9 Å². The molecule has 1 aliphatic carbocycles. The number of allylic oxidation sites excluding steroid dienone is 2. The van der Waals surface area contributed by atoms with Gasteiger partial charge >= 0.3 is 0 Å². The zero-order valence-electron chi connectivity index (χ0n) is 12.0. The average molecular weight is 401 g/mol. The lowest BCUT2D eigenvalue weighted by atomic mass is 9.94. The maximum absolute atomic E-state index is 12.1. The van der Waals surface area contributed by atoms with Crippen LogP contribution in [0.15, 0.2) is 47.6 Å². The summed E-state index contributed by atoms with van der Waals surface area (Å²) >= 11 is 24.5. The highest BCUT2D eigenvalue weighted by Crippen LogP contribution is 2.43. The van der Waals surface area contributed by atoms with Crippen LogP contribution in [0.5, 0.6) is 0 Å². The molecule has 0 aromatic heterocycles. The van der Waals surface area contributed by atoms with Gasteiger partial charge in [0.15, 0.2) is 5.78 Å². The number of carbonyl (C=O) groups is 1. The van der Waals surface area contributed by atoms with Crippen molar-refractivity contribution in [2.24, 2.45) is 5.16 Å². The molecule has 0 aliphatic heterocycles. The van der Waals surface area contributed by atoms with E-state index in [9.17, 15) is 4.79 Å². The predicted octanol–water partition coefficient (Wildman–Crippen LogP) is 5.97. The fourth-order valence-corrected chi connectivity index (χ4v) is 3.29. The van der Waals surface area contributed by atoms with Gasteiger partial charge in [0.1, 0.15) is 12.3 Å². The minimum absolute atomic E-state index is 0.0373. The molecule has 0 heterocycles. The van der Waals surface area contributed by atoms with E-state index in [1.807, 2.05) is 30.3 Å². The molecule has 0 unspecified atom stereocenters. The van der Waals surface area contributed by atoms with Crippen LogP contribution >= 0.6 is 46.4 Å². The summed E-state index contributed by atoms with van der Waals surface area (Å²) in [5, 5.41) is 4.33. The molecule has 7 heteroatoms. The fraction of sp³-hybridized carbons (Fsp3) is 0.0588. The van der Waals surface area contributed by atoms with Crippen LogP contribution in [0.1, 0.15) is 21.5 Å². The van der Waals surface area contributed by atoms with E-state index < -0.39 is 0 Å². The number of ketones is 1. The Balaban J connectivity index is 1.99. The number of carbonyl (C=O) groups excluding carboxylic acids is 1. The minimum Gasteiger partial charge on any atom is -0.390 e. The van der Waals surface area contributed by atoms with Gasteiger partial charge in [0.2, 0.25) is 0 Å². The first-order valence-corrected chi connectivity index (χ1v) is 8.34. The molecule has 0 spiro atoms. The third-order valence-electron chi connectivity index (χ3n) is 3.40. The third kappa shape index (κ3) is 3.17. The van der Waals surface area contributed by atoms with Gasteiger partial charge < -0.3 is 4.84 Å². The summed E-state index contributed by atoms with van der Waals surface area (Å²) in [5.41, 5.74) is 1.79. The van der Waals surface area contributed by atoms with Crippen LogP contribution in [0.3, 0.4) is 0 Å². The highest BCUT2D eigenvalue weighted by atomic mass is 35.5. The van der Waals surface area contributed by atoms with Gasteiger partial charge in [-0.25, -0.2) is 0 Å². The van der Waals surface area contributed by atoms with Gasteiger partial charge in [-0.2, -0.15) is 0 Å². The maximum Gasteiger partial charge on any atom is 0.188 e. The molecule has 0 saturated carbocycles. The van der Waals surface area contributed by atoms with E-state index in [0.29, 0.717) is 11.3 Å². The van der Waals surface area contributed by atoms with Crippen LogP contribution in [0.25, 0.3) is 0 Å². The van der Waals surface area contributed by atoms with Crippen molar-refractivity contribution in [1.82, 2.24) is 0 Å². The maximum atomic E-state index is 12.1. The van der Waals surface area contributed by atoms with E-state index in [2.05, 4.69) is 5.16 Å². The van der Waals surface area contributed by atoms with E-state index >= 15 is 0 Å². The Labute approximate surface area is 158 Å². The van der Waals surface area contributed by atoms with Gasteiger partial charge in [0.25, 0.3) is 0 Å². The molecule has 122 valence electrons. The van der Waals surface area contributed by atoms with Crippen molar-refractivity contribution in [2.75, 3.05) is 0 Å². The SMILES string of the molecule is O=C1C=CC(=NOCc2ccccc2)c2c(Cl)c(Cl)c(Cl)c(Cl)c21. The molecule has 0 fully saturated rings. The van der Waals surface area contributed by atoms with Gasteiger partial charge in [0.05, 0.1) is 25.7 Å². The molecule has 24 heavy (non-hydrogen) atoms. The summed E-state index contributed by atoms with van der Waals surface area (Å²) in [7, 11) is 0. The molecule has 1 aliphatic rings. The zero-order chi connectivity index (χ0) is 17.3. The predicted molar refractivity (Wildman–Crippen MR) is 97.7 cm³/mol. The summed E-state index contributed by atoms with van der Waals surface area (Å²) in [6, 6.07) is 9.54. The molecule has 0 bridgehead atoms. The molecule has 0 atom stereocenters. The zero-order valence-corrected chi connectivity index (χ0v) is 15.0. The number of rotatable bonds is 3. The molecule has 0 amide bonds. The monoisotopic (exact) mass is 399 g/mol. The van der Waals surface area contributed by atoms with Crippen LogP contribution in [0, 0.1) is 0 Å². The highest BCUT2D eigenvalue weighted by Gasteiger charge is 2.28. The Morgan fingerprint density at radius 2 is 1.46 bits per heavy atom. The molecule has 0 saturated heterocycles. The largest absolute Gasteiger partial charge is 0.390 e. The van der Waals surface area contributed by atoms with E-state index in [1.54, 1.807) is 0 Å². The molecular formula is C17H9Cl4NO2. The van der Waals surface area contributed by atoms with Crippen LogP contribution < -0.4 is 0 Å². The Hall–Kier alpha value is -1.52. The van der Waals surface area contributed by atoms with Gasteiger partial charge in [-0.15, -0.1) is 0 Å². The number of benzene rings is 2. The van der Waals surface area contributed by atoms with Crippen molar-refractivity contribution in [2.45, 2.75) is 6.61 Å². The van der Waals surface area contributed by atoms with Crippen molar-refractivity contribution in [3.63, 3.8) is 0 Å². The lowest BCUT2D eigenvalue weighted by molar-refractivity contribution is 0.104. The highest BCUT2D eigenvalue weighted by molar-refractivity contribution is 6.55. The van der Waals surface area contributed by atoms with E-state index in [0.717, 1.165) is 5.56 Å². The fourth-order valence-electron chi connectivity index (χ4n) is 2.25. The lowest BCUT2D eigenvalue weighted by Gasteiger charge is -2.17. The van der Waals surface area contributed by atoms with Crippen molar-refractivity contribution in [3.8, 4) is 0 Å². The molecule has 3 rings (SSSR count). The van der Waals surface area contributed by atoms with E-state index in [4.69, 9.17) is 51.2 Å². The Morgan fingerprint density at radius 1 is 0.833 bits per heavy atom. The number of hydrogen-bond acceptors (Lipinski definition) is 3. The summed E-state index contributed by atoms with van der Waals surface area (Å²) < 4.78 is 0. The molecular weight excluding hydrogens is 392 g/mol. The molecule has 2 aromatic rings. The molecule has 0 radical (unpaired) electrons. The summed E-state index contributed by atoms with van der Waals surface area (Å²) in [5.74, 6) is -0.322. The minimum atomic E-state index is -0.322. The van der Waals surface area contributed by atoms with E-state index in [-0.39, 0.29) is 38.0 Å². The number of hydrogen-bond donors (Lipinski definition) is 0. The Morgan fingerprint density at radius 3 is 2.12 bits per heavy atom. The number of halogens is 4. The number of fused-ring (bicyclic) bond motifs is 1. The Kier molecular flexibility index (Phi) is 5.16. The lowest BCUT2D eigenvalue weighted by Crippen LogP contribution is -2.15. The molecule has 2 aromatic carbocycles. The first kappa shape index (κ1) is 17.3. The van der Waals surface area contributed by atoms with Crippen molar-refractivity contribution >= 4 is 57.9 Å². The smallest absolute Gasteiger partial charge is 0.188 e. The standard InChI is InChI=1S/C17H9Cl4NO2/c18-14-12-10(22-24-8-9-4-2-1-3-5-9)6-7-11(23)13(12)15(19)17(21)16(14)20/h1-7H,8H2. The topological polar surface area (TPSA) is 38.7 Å².